The standard InChI is InChI=1S/C18H16ClNO2/c1-11(21)12-5-4-6-13(9-12)20-18(22)16-10-15(16)14-7-2-3-8-17(14)19/h2-9,15-16H,10H2,1H3,(H,20,22). The normalized spacial score (nSPS) is 19.5. The summed E-state index contributed by atoms with van der Waals surface area (Å²) < 4.78 is 0. The molecule has 2 unspecified atom stereocenters. The fourth-order valence-electron chi connectivity index (χ4n) is 2.66. The zero-order valence-corrected chi connectivity index (χ0v) is 12.9. The number of hydrogen-bond acceptors (Lipinski definition) is 2. The number of carbonyl (C=O) groups is 2. The number of carbonyl (C=O) groups excluding carboxylic acids is 2. The highest BCUT2D eigenvalue weighted by molar-refractivity contribution is 6.31. The third kappa shape index (κ3) is 3.04. The van der Waals surface area contributed by atoms with Crippen molar-refractivity contribution in [2.75, 3.05) is 5.32 Å². The van der Waals surface area contributed by atoms with Gasteiger partial charge in [0.05, 0.1) is 0 Å². The van der Waals surface area contributed by atoms with Gasteiger partial charge in [-0.3, -0.25) is 9.59 Å². The first-order valence-electron chi connectivity index (χ1n) is 7.22. The van der Waals surface area contributed by atoms with Crippen molar-refractivity contribution < 1.29 is 9.59 Å². The van der Waals surface area contributed by atoms with Gasteiger partial charge in [0.1, 0.15) is 0 Å². The van der Waals surface area contributed by atoms with Gasteiger partial charge in [0.25, 0.3) is 0 Å². The monoisotopic (exact) mass is 313 g/mol. The topological polar surface area (TPSA) is 46.2 Å². The van der Waals surface area contributed by atoms with E-state index in [1.807, 2.05) is 24.3 Å². The van der Waals surface area contributed by atoms with Crippen molar-refractivity contribution >= 4 is 29.0 Å². The highest BCUT2D eigenvalue weighted by Crippen LogP contribution is 2.49. The first kappa shape index (κ1) is 14.8. The average Bonchev–Trinajstić information content (AvgIpc) is 3.28. The molecule has 1 saturated carbocycles. The number of nitrogens with one attached hydrogen (secondary N) is 1. The second kappa shape index (κ2) is 5.93. The van der Waals surface area contributed by atoms with E-state index in [1.165, 1.54) is 6.92 Å². The first-order valence-corrected chi connectivity index (χ1v) is 7.60. The molecule has 1 aliphatic carbocycles. The van der Waals surface area contributed by atoms with E-state index in [-0.39, 0.29) is 23.5 Å². The number of hydrogen-bond donors (Lipinski definition) is 1. The maximum atomic E-state index is 12.3. The summed E-state index contributed by atoms with van der Waals surface area (Å²) in [5.41, 5.74) is 2.28. The van der Waals surface area contributed by atoms with Crippen molar-refractivity contribution in [2.45, 2.75) is 19.3 Å². The van der Waals surface area contributed by atoms with E-state index in [9.17, 15) is 9.59 Å². The van der Waals surface area contributed by atoms with E-state index in [1.54, 1.807) is 24.3 Å². The van der Waals surface area contributed by atoms with Crippen LogP contribution in [0.25, 0.3) is 0 Å². The Balaban J connectivity index is 1.68. The second-order valence-corrected chi connectivity index (χ2v) is 6.00. The molecule has 1 fully saturated rings. The van der Waals surface area contributed by atoms with E-state index in [2.05, 4.69) is 5.32 Å². The van der Waals surface area contributed by atoms with E-state index in [4.69, 9.17) is 11.6 Å². The van der Waals surface area contributed by atoms with Crippen LogP contribution in [0.15, 0.2) is 48.5 Å². The van der Waals surface area contributed by atoms with Crippen LogP contribution in [0.5, 0.6) is 0 Å². The third-order valence-corrected chi connectivity index (χ3v) is 4.31. The Morgan fingerprint density at radius 1 is 1.14 bits per heavy atom. The Kier molecular flexibility index (Phi) is 3.99. The predicted molar refractivity (Wildman–Crippen MR) is 87.4 cm³/mol. The molecule has 1 aliphatic rings. The minimum absolute atomic E-state index is 0.0172. The Morgan fingerprint density at radius 3 is 2.64 bits per heavy atom. The van der Waals surface area contributed by atoms with Crippen LogP contribution in [0.1, 0.15) is 35.2 Å². The number of rotatable bonds is 4. The molecule has 0 radical (unpaired) electrons. The molecular formula is C18H16ClNO2. The van der Waals surface area contributed by atoms with Crippen LogP contribution in [-0.2, 0) is 4.79 Å². The molecule has 0 heterocycles. The van der Waals surface area contributed by atoms with Gasteiger partial charge in [-0.25, -0.2) is 0 Å². The molecule has 112 valence electrons. The van der Waals surface area contributed by atoms with E-state index >= 15 is 0 Å². The number of halogens is 1. The van der Waals surface area contributed by atoms with Crippen molar-refractivity contribution in [3.63, 3.8) is 0 Å². The molecule has 1 N–H and O–H groups in total. The molecule has 0 aliphatic heterocycles. The molecule has 2 atom stereocenters. The summed E-state index contributed by atoms with van der Waals surface area (Å²) in [5.74, 6) is 0.0904. The summed E-state index contributed by atoms with van der Waals surface area (Å²) in [7, 11) is 0. The zero-order chi connectivity index (χ0) is 15.7. The lowest BCUT2D eigenvalue weighted by atomic mass is 10.1. The molecule has 22 heavy (non-hydrogen) atoms. The maximum Gasteiger partial charge on any atom is 0.228 e. The average molecular weight is 314 g/mol. The lowest BCUT2D eigenvalue weighted by Gasteiger charge is -2.07. The molecule has 1 amide bonds. The molecule has 0 bridgehead atoms. The van der Waals surface area contributed by atoms with Crippen molar-refractivity contribution in [3.05, 3.63) is 64.7 Å². The minimum atomic E-state index is -0.0547. The van der Waals surface area contributed by atoms with Gasteiger partial charge < -0.3 is 5.32 Å². The number of anilines is 1. The Labute approximate surface area is 134 Å². The Morgan fingerprint density at radius 2 is 1.91 bits per heavy atom. The lowest BCUT2D eigenvalue weighted by molar-refractivity contribution is -0.117. The van der Waals surface area contributed by atoms with Gasteiger partial charge in [0, 0.05) is 22.2 Å². The van der Waals surface area contributed by atoms with Crippen LogP contribution in [-0.4, -0.2) is 11.7 Å². The van der Waals surface area contributed by atoms with Gasteiger partial charge in [-0.1, -0.05) is 41.9 Å². The largest absolute Gasteiger partial charge is 0.326 e. The highest BCUT2D eigenvalue weighted by atomic mass is 35.5. The zero-order valence-electron chi connectivity index (χ0n) is 12.2. The van der Waals surface area contributed by atoms with Crippen LogP contribution in [0, 0.1) is 5.92 Å². The summed E-state index contributed by atoms with van der Waals surface area (Å²) in [6.07, 6.45) is 0.808. The van der Waals surface area contributed by atoms with E-state index < -0.39 is 0 Å². The molecule has 3 rings (SSSR count). The van der Waals surface area contributed by atoms with E-state index in [0.29, 0.717) is 16.3 Å². The molecular weight excluding hydrogens is 298 g/mol. The molecule has 0 spiro atoms. The summed E-state index contributed by atoms with van der Waals surface area (Å²) in [6, 6.07) is 14.6. The van der Waals surface area contributed by atoms with Gasteiger partial charge in [0.15, 0.2) is 5.78 Å². The summed E-state index contributed by atoms with van der Waals surface area (Å²) in [4.78, 5) is 23.7. The predicted octanol–water partition coefficient (Wildman–Crippen LogP) is 4.28. The smallest absolute Gasteiger partial charge is 0.228 e. The quantitative estimate of drug-likeness (QED) is 0.856. The van der Waals surface area contributed by atoms with Gasteiger partial charge in [0.2, 0.25) is 5.91 Å². The number of amides is 1. The fraction of sp³-hybridized carbons (Fsp3) is 0.222. The van der Waals surface area contributed by atoms with Crippen LogP contribution < -0.4 is 5.32 Å². The first-order chi connectivity index (χ1) is 10.6. The molecule has 3 nitrogen and oxygen atoms in total. The van der Waals surface area contributed by atoms with Crippen molar-refractivity contribution in [3.8, 4) is 0 Å². The van der Waals surface area contributed by atoms with Crippen LogP contribution in [0.3, 0.4) is 0 Å². The number of ketones is 1. The summed E-state index contributed by atoms with van der Waals surface area (Å²) >= 11 is 6.18. The van der Waals surface area contributed by atoms with Crippen molar-refractivity contribution in [2.24, 2.45) is 5.92 Å². The van der Waals surface area contributed by atoms with Crippen LogP contribution in [0.4, 0.5) is 5.69 Å². The highest BCUT2D eigenvalue weighted by Gasteiger charge is 2.44. The SMILES string of the molecule is CC(=O)c1cccc(NC(=O)C2CC2c2ccccc2Cl)c1. The summed E-state index contributed by atoms with van der Waals surface area (Å²) in [6.45, 7) is 1.51. The molecule has 0 saturated heterocycles. The van der Waals surface area contributed by atoms with Gasteiger partial charge >= 0.3 is 0 Å². The van der Waals surface area contributed by atoms with Crippen LogP contribution >= 0.6 is 11.6 Å². The minimum Gasteiger partial charge on any atom is -0.326 e. The van der Waals surface area contributed by atoms with Crippen molar-refractivity contribution in [1.29, 1.82) is 0 Å². The van der Waals surface area contributed by atoms with Gasteiger partial charge in [-0.2, -0.15) is 0 Å². The second-order valence-electron chi connectivity index (χ2n) is 5.60. The van der Waals surface area contributed by atoms with Crippen molar-refractivity contribution in [1.82, 2.24) is 0 Å². The summed E-state index contributed by atoms with van der Waals surface area (Å²) in [5, 5.41) is 3.59. The fourth-order valence-corrected chi connectivity index (χ4v) is 2.93. The third-order valence-electron chi connectivity index (χ3n) is 3.97. The Hall–Kier alpha value is -2.13. The number of benzene rings is 2. The molecule has 0 aromatic heterocycles. The van der Waals surface area contributed by atoms with E-state index in [0.717, 1.165) is 12.0 Å². The maximum absolute atomic E-state index is 12.3. The lowest BCUT2D eigenvalue weighted by Crippen LogP contribution is -2.14. The van der Waals surface area contributed by atoms with Gasteiger partial charge in [-0.05, 0) is 43.0 Å². The van der Waals surface area contributed by atoms with Crippen LogP contribution in [0.2, 0.25) is 5.02 Å². The number of Topliss-reactive ketones (excluding diaryl/α,β-unsaturated/α-hetero) is 1. The Bertz CT molecular complexity index is 741. The molecule has 2 aromatic carbocycles. The van der Waals surface area contributed by atoms with Gasteiger partial charge in [-0.15, -0.1) is 0 Å². The molecule has 4 heteroatoms. The molecule has 2 aromatic rings.